The zero-order chi connectivity index (χ0) is 16.8. The number of nitrogens with one attached hydrogen (secondary N) is 1. The number of rotatable bonds is 7. The van der Waals surface area contributed by atoms with E-state index in [1.807, 2.05) is 31.0 Å². The Kier molecular flexibility index (Phi) is 5.77. The zero-order valence-electron chi connectivity index (χ0n) is 14.0. The molecular weight excluding hydrogens is 288 g/mol. The molecule has 1 amide bonds. The number of likely N-dealkylation sites (N-methyl/N-ethyl adjacent to an activating group) is 1. The van der Waals surface area contributed by atoms with Crippen molar-refractivity contribution in [1.82, 2.24) is 10.2 Å². The van der Waals surface area contributed by atoms with Crippen molar-refractivity contribution >= 4 is 16.7 Å². The molecule has 0 bridgehead atoms. The summed E-state index contributed by atoms with van der Waals surface area (Å²) in [6, 6.07) is 12.2. The summed E-state index contributed by atoms with van der Waals surface area (Å²) in [7, 11) is 3.62. The molecule has 0 aliphatic heterocycles. The van der Waals surface area contributed by atoms with Gasteiger partial charge in [-0.25, -0.2) is 0 Å². The molecule has 23 heavy (non-hydrogen) atoms. The maximum absolute atomic E-state index is 12.0. The molecule has 0 saturated heterocycles. The van der Waals surface area contributed by atoms with Crippen molar-refractivity contribution in [3.8, 4) is 5.75 Å². The topological polar surface area (TPSA) is 41.6 Å². The highest BCUT2D eigenvalue weighted by molar-refractivity contribution is 5.84. The molecule has 0 saturated carbocycles. The Morgan fingerprint density at radius 2 is 2.00 bits per heavy atom. The molecule has 2 aromatic carbocycles. The van der Waals surface area contributed by atoms with E-state index in [2.05, 4.69) is 36.2 Å². The largest absolute Gasteiger partial charge is 0.497 e. The number of hydrogen-bond donors (Lipinski definition) is 1. The second kappa shape index (κ2) is 7.79. The molecule has 0 aromatic heterocycles. The third-order valence-corrected chi connectivity index (χ3v) is 4.01. The van der Waals surface area contributed by atoms with Crippen LogP contribution in [0.15, 0.2) is 49.1 Å². The number of carbonyl (C=O) groups excluding carboxylic acids is 1. The van der Waals surface area contributed by atoms with Gasteiger partial charge in [-0.05, 0) is 48.5 Å². The van der Waals surface area contributed by atoms with Crippen molar-refractivity contribution < 1.29 is 9.53 Å². The average molecular weight is 312 g/mol. The molecule has 4 nitrogen and oxygen atoms in total. The molecule has 0 aliphatic rings. The Labute approximate surface area is 137 Å². The molecular formula is C19H24N2O2. The molecule has 2 aromatic rings. The van der Waals surface area contributed by atoms with Gasteiger partial charge in [0.1, 0.15) is 5.75 Å². The third kappa shape index (κ3) is 4.33. The van der Waals surface area contributed by atoms with Gasteiger partial charge < -0.3 is 10.1 Å². The molecule has 0 fully saturated rings. The number of fused-ring (bicyclic) bond motifs is 1. The van der Waals surface area contributed by atoms with Crippen LogP contribution in [0.4, 0.5) is 0 Å². The van der Waals surface area contributed by atoms with Gasteiger partial charge in [0.2, 0.25) is 5.91 Å². The molecule has 0 radical (unpaired) electrons. The van der Waals surface area contributed by atoms with Crippen LogP contribution in [0.3, 0.4) is 0 Å². The average Bonchev–Trinajstić information content (AvgIpc) is 2.58. The Morgan fingerprint density at radius 1 is 1.30 bits per heavy atom. The lowest BCUT2D eigenvalue weighted by Gasteiger charge is -2.24. The van der Waals surface area contributed by atoms with Crippen LogP contribution >= 0.6 is 0 Å². The maximum Gasteiger partial charge on any atom is 0.237 e. The molecule has 122 valence electrons. The summed E-state index contributed by atoms with van der Waals surface area (Å²) in [5.74, 6) is 0.868. The summed E-state index contributed by atoms with van der Waals surface area (Å²) >= 11 is 0. The summed E-state index contributed by atoms with van der Waals surface area (Å²) in [6.45, 7) is 6.72. The van der Waals surface area contributed by atoms with Gasteiger partial charge in [0, 0.05) is 13.1 Å². The van der Waals surface area contributed by atoms with Crippen LogP contribution in [-0.2, 0) is 11.3 Å². The smallest absolute Gasteiger partial charge is 0.237 e. The van der Waals surface area contributed by atoms with Gasteiger partial charge in [-0.3, -0.25) is 9.69 Å². The molecule has 0 unspecified atom stereocenters. The minimum atomic E-state index is -0.193. The van der Waals surface area contributed by atoms with Crippen molar-refractivity contribution in [3.05, 3.63) is 54.6 Å². The van der Waals surface area contributed by atoms with Crippen LogP contribution in [0.25, 0.3) is 10.8 Å². The molecule has 1 N–H and O–H groups in total. The van der Waals surface area contributed by atoms with Crippen LogP contribution in [0, 0.1) is 0 Å². The fraction of sp³-hybridized carbons (Fsp3) is 0.316. The maximum atomic E-state index is 12.0. The highest BCUT2D eigenvalue weighted by Gasteiger charge is 2.17. The van der Waals surface area contributed by atoms with Crippen molar-refractivity contribution in [2.45, 2.75) is 19.5 Å². The zero-order valence-corrected chi connectivity index (χ0v) is 14.0. The van der Waals surface area contributed by atoms with E-state index in [4.69, 9.17) is 4.74 Å². The summed E-state index contributed by atoms with van der Waals surface area (Å²) in [5, 5.41) is 5.14. The minimum absolute atomic E-state index is 0.0120. The quantitative estimate of drug-likeness (QED) is 0.799. The first-order valence-corrected chi connectivity index (χ1v) is 7.70. The van der Waals surface area contributed by atoms with E-state index < -0.39 is 0 Å². The number of carbonyl (C=O) groups is 1. The first kappa shape index (κ1) is 17.0. The number of nitrogens with zero attached hydrogens (tertiary/aromatic N) is 1. The lowest BCUT2D eigenvalue weighted by Crippen LogP contribution is -2.42. The van der Waals surface area contributed by atoms with Crippen LogP contribution in [0.5, 0.6) is 5.75 Å². The minimum Gasteiger partial charge on any atom is -0.497 e. The van der Waals surface area contributed by atoms with Gasteiger partial charge in [-0.2, -0.15) is 0 Å². The van der Waals surface area contributed by atoms with Gasteiger partial charge in [0.25, 0.3) is 0 Å². The number of benzene rings is 2. The molecule has 0 aliphatic carbocycles. The number of hydrogen-bond acceptors (Lipinski definition) is 3. The van der Waals surface area contributed by atoms with Gasteiger partial charge in [0.05, 0.1) is 13.2 Å². The molecule has 1 atom stereocenters. The van der Waals surface area contributed by atoms with Crippen LogP contribution in [0.2, 0.25) is 0 Å². The highest BCUT2D eigenvalue weighted by atomic mass is 16.5. The van der Waals surface area contributed by atoms with Crippen molar-refractivity contribution in [1.29, 1.82) is 0 Å². The molecule has 2 rings (SSSR count). The van der Waals surface area contributed by atoms with Gasteiger partial charge >= 0.3 is 0 Å². The lowest BCUT2D eigenvalue weighted by atomic mass is 10.1. The monoisotopic (exact) mass is 312 g/mol. The molecule has 4 heteroatoms. The van der Waals surface area contributed by atoms with E-state index in [9.17, 15) is 4.79 Å². The predicted octanol–water partition coefficient (Wildman–Crippen LogP) is 2.97. The van der Waals surface area contributed by atoms with Gasteiger partial charge in [-0.1, -0.05) is 24.3 Å². The molecule has 0 heterocycles. The number of methoxy groups -OCH3 is 1. The van der Waals surface area contributed by atoms with Crippen LogP contribution < -0.4 is 10.1 Å². The first-order chi connectivity index (χ1) is 11.0. The third-order valence-electron chi connectivity index (χ3n) is 4.01. The van der Waals surface area contributed by atoms with Crippen LogP contribution in [0.1, 0.15) is 12.5 Å². The summed E-state index contributed by atoms with van der Waals surface area (Å²) in [6.07, 6.45) is 1.68. The Balaban J connectivity index is 2.08. The van der Waals surface area contributed by atoms with E-state index >= 15 is 0 Å². The summed E-state index contributed by atoms with van der Waals surface area (Å²) < 4.78 is 5.25. The summed E-state index contributed by atoms with van der Waals surface area (Å²) in [5.41, 5.74) is 1.17. The Morgan fingerprint density at radius 3 is 2.70 bits per heavy atom. The second-order valence-electron chi connectivity index (χ2n) is 5.67. The second-order valence-corrected chi connectivity index (χ2v) is 5.67. The van der Waals surface area contributed by atoms with Crippen molar-refractivity contribution in [2.24, 2.45) is 0 Å². The van der Waals surface area contributed by atoms with Crippen molar-refractivity contribution in [3.63, 3.8) is 0 Å². The van der Waals surface area contributed by atoms with Crippen LogP contribution in [-0.4, -0.2) is 37.6 Å². The van der Waals surface area contributed by atoms with Crippen molar-refractivity contribution in [2.75, 3.05) is 20.7 Å². The normalized spacial score (nSPS) is 12.2. The highest BCUT2D eigenvalue weighted by Crippen LogP contribution is 2.22. The lowest BCUT2D eigenvalue weighted by molar-refractivity contribution is -0.125. The van der Waals surface area contributed by atoms with E-state index in [-0.39, 0.29) is 11.9 Å². The predicted molar refractivity (Wildman–Crippen MR) is 94.6 cm³/mol. The summed E-state index contributed by atoms with van der Waals surface area (Å²) in [4.78, 5) is 14.0. The SMILES string of the molecule is C=CCNC(=O)[C@H](C)N(C)Cc1ccc2cc(OC)ccc2c1. The first-order valence-electron chi connectivity index (χ1n) is 7.70. The van der Waals surface area contributed by atoms with E-state index in [1.54, 1.807) is 13.2 Å². The van der Waals surface area contributed by atoms with E-state index in [0.29, 0.717) is 13.1 Å². The Hall–Kier alpha value is -2.33. The van der Waals surface area contributed by atoms with Gasteiger partial charge in [0.15, 0.2) is 0 Å². The fourth-order valence-corrected chi connectivity index (χ4v) is 2.44. The Bertz CT molecular complexity index is 697. The fourth-order valence-electron chi connectivity index (χ4n) is 2.44. The van der Waals surface area contributed by atoms with Gasteiger partial charge in [-0.15, -0.1) is 6.58 Å². The standard InChI is InChI=1S/C19H24N2O2/c1-5-10-20-19(22)14(2)21(3)13-15-6-7-17-12-18(23-4)9-8-16(17)11-15/h5-9,11-12,14H,1,10,13H2,2-4H3,(H,20,22)/t14-/m0/s1. The van der Waals surface area contributed by atoms with E-state index in [1.165, 1.54) is 10.9 Å². The number of ether oxygens (including phenoxy) is 1. The molecule has 0 spiro atoms. The number of amides is 1. The van der Waals surface area contributed by atoms with E-state index in [0.717, 1.165) is 11.1 Å².